The molecule has 58 valence electrons. The van der Waals surface area contributed by atoms with Gasteiger partial charge in [-0.15, -0.1) is 5.73 Å². The number of nitrogens with two attached hydrogens (primary N) is 2. The molecular weight excluding hydrogens is 124 g/mol. The van der Waals surface area contributed by atoms with Crippen LogP contribution >= 0.6 is 0 Å². The third-order valence-electron chi connectivity index (χ3n) is 1.34. The first-order chi connectivity index (χ1) is 4.62. The van der Waals surface area contributed by atoms with Crippen LogP contribution in [-0.2, 0) is 0 Å². The van der Waals surface area contributed by atoms with Crippen LogP contribution in [0.1, 0.15) is 26.2 Å². The van der Waals surface area contributed by atoms with Crippen molar-refractivity contribution in [2.45, 2.75) is 31.8 Å². The van der Waals surface area contributed by atoms with E-state index < -0.39 is 5.66 Å². The maximum absolute atomic E-state index is 5.69. The Morgan fingerprint density at radius 2 is 2.20 bits per heavy atom. The summed E-state index contributed by atoms with van der Waals surface area (Å²) in [6.07, 6.45) is 4.28. The zero-order chi connectivity index (χ0) is 8.04. The van der Waals surface area contributed by atoms with Gasteiger partial charge in [0, 0.05) is 6.42 Å². The molecule has 0 aliphatic rings. The van der Waals surface area contributed by atoms with Crippen molar-refractivity contribution in [2.24, 2.45) is 11.5 Å². The third-order valence-corrected chi connectivity index (χ3v) is 1.34. The Morgan fingerprint density at radius 1 is 1.60 bits per heavy atom. The zero-order valence-electron chi connectivity index (χ0n) is 6.56. The number of hydrogen-bond donors (Lipinski definition) is 2. The van der Waals surface area contributed by atoms with E-state index in [0.717, 1.165) is 12.8 Å². The quantitative estimate of drug-likeness (QED) is 0.454. The van der Waals surface area contributed by atoms with Crippen molar-refractivity contribution in [1.29, 1.82) is 0 Å². The molecule has 0 heterocycles. The van der Waals surface area contributed by atoms with Crippen molar-refractivity contribution >= 4 is 0 Å². The minimum atomic E-state index is -0.556. The molecule has 10 heavy (non-hydrogen) atoms. The van der Waals surface area contributed by atoms with Gasteiger partial charge in [0.15, 0.2) is 0 Å². The van der Waals surface area contributed by atoms with Gasteiger partial charge in [-0.1, -0.05) is 19.9 Å². The second-order valence-corrected chi connectivity index (χ2v) is 2.60. The number of hydrogen-bond acceptors (Lipinski definition) is 2. The average Bonchev–Trinajstić information content (AvgIpc) is 1.84. The van der Waals surface area contributed by atoms with Crippen LogP contribution in [0.15, 0.2) is 18.4 Å². The minimum absolute atomic E-state index is 0.556. The summed E-state index contributed by atoms with van der Waals surface area (Å²) in [6.45, 7) is 5.49. The zero-order valence-corrected chi connectivity index (χ0v) is 6.56. The second kappa shape index (κ2) is 4.29. The fourth-order valence-corrected chi connectivity index (χ4v) is 0.830. The maximum Gasteiger partial charge on any atom is 0.0678 e. The second-order valence-electron chi connectivity index (χ2n) is 2.60. The molecule has 0 saturated heterocycles. The summed E-state index contributed by atoms with van der Waals surface area (Å²) in [6, 6.07) is 0. The van der Waals surface area contributed by atoms with E-state index in [0.29, 0.717) is 6.42 Å². The first-order valence-corrected chi connectivity index (χ1v) is 3.54. The van der Waals surface area contributed by atoms with Crippen molar-refractivity contribution in [3.8, 4) is 0 Å². The maximum atomic E-state index is 5.69. The predicted octanol–water partition coefficient (Wildman–Crippen LogP) is 1.13. The first-order valence-electron chi connectivity index (χ1n) is 3.54. The van der Waals surface area contributed by atoms with Crippen LogP contribution in [0.25, 0.3) is 0 Å². The van der Waals surface area contributed by atoms with Gasteiger partial charge in [0.25, 0.3) is 0 Å². The van der Waals surface area contributed by atoms with Gasteiger partial charge in [0.1, 0.15) is 0 Å². The van der Waals surface area contributed by atoms with E-state index in [1.807, 2.05) is 0 Å². The van der Waals surface area contributed by atoms with Gasteiger partial charge >= 0.3 is 0 Å². The normalized spacial score (nSPS) is 10.7. The molecule has 2 heteroatoms. The summed E-state index contributed by atoms with van der Waals surface area (Å²) in [5.74, 6) is 0. The Bertz CT molecular complexity index is 132. The molecule has 0 fully saturated rings. The molecule has 0 unspecified atom stereocenters. The molecule has 0 rings (SSSR count). The van der Waals surface area contributed by atoms with Crippen molar-refractivity contribution in [3.63, 3.8) is 0 Å². The van der Waals surface area contributed by atoms with E-state index in [4.69, 9.17) is 11.5 Å². The van der Waals surface area contributed by atoms with Crippen LogP contribution in [0.5, 0.6) is 0 Å². The van der Waals surface area contributed by atoms with E-state index >= 15 is 0 Å². The molecule has 0 atom stereocenters. The van der Waals surface area contributed by atoms with E-state index in [1.54, 1.807) is 6.08 Å². The summed E-state index contributed by atoms with van der Waals surface area (Å²) in [5.41, 5.74) is 13.5. The molecule has 0 aromatic rings. The summed E-state index contributed by atoms with van der Waals surface area (Å²) in [5, 5.41) is 0. The first kappa shape index (κ1) is 9.44. The van der Waals surface area contributed by atoms with Crippen LogP contribution in [0.4, 0.5) is 0 Å². The fraction of sp³-hybridized carbons (Fsp3) is 0.625. The van der Waals surface area contributed by atoms with Gasteiger partial charge in [0.05, 0.1) is 5.66 Å². The van der Waals surface area contributed by atoms with E-state index in [-0.39, 0.29) is 0 Å². The highest BCUT2D eigenvalue weighted by atomic mass is 14.9. The van der Waals surface area contributed by atoms with Crippen LogP contribution in [0, 0.1) is 0 Å². The summed E-state index contributed by atoms with van der Waals surface area (Å²) in [7, 11) is 0. The molecule has 0 radical (unpaired) electrons. The Morgan fingerprint density at radius 3 is 2.60 bits per heavy atom. The van der Waals surface area contributed by atoms with E-state index in [9.17, 15) is 0 Å². The highest BCUT2D eigenvalue weighted by Crippen LogP contribution is 2.06. The monoisotopic (exact) mass is 140 g/mol. The van der Waals surface area contributed by atoms with Crippen molar-refractivity contribution in [2.75, 3.05) is 0 Å². The standard InChI is InChI=1S/C8H16N2/c1-3-5-7-8(9,10)6-4-2/h5H,1,4,6-7,9-10H2,2H3. The Kier molecular flexibility index (Phi) is 4.05. The summed E-state index contributed by atoms with van der Waals surface area (Å²) >= 11 is 0. The van der Waals surface area contributed by atoms with Gasteiger partial charge in [-0.25, -0.2) is 0 Å². The highest BCUT2D eigenvalue weighted by molar-refractivity contribution is 4.88. The molecule has 0 aromatic heterocycles. The summed E-state index contributed by atoms with van der Waals surface area (Å²) in [4.78, 5) is 0. The van der Waals surface area contributed by atoms with E-state index in [2.05, 4.69) is 19.2 Å². The van der Waals surface area contributed by atoms with Crippen LogP contribution < -0.4 is 11.5 Å². The third kappa shape index (κ3) is 4.33. The lowest BCUT2D eigenvalue weighted by atomic mass is 10.0. The van der Waals surface area contributed by atoms with Gasteiger partial charge in [0.2, 0.25) is 0 Å². The van der Waals surface area contributed by atoms with Crippen LogP contribution in [-0.4, -0.2) is 5.66 Å². The summed E-state index contributed by atoms with van der Waals surface area (Å²) < 4.78 is 0. The molecule has 0 aliphatic carbocycles. The van der Waals surface area contributed by atoms with Crippen molar-refractivity contribution in [3.05, 3.63) is 18.4 Å². The van der Waals surface area contributed by atoms with Gasteiger partial charge in [-0.2, -0.15) is 0 Å². The molecule has 0 bridgehead atoms. The highest BCUT2D eigenvalue weighted by Gasteiger charge is 2.14. The minimum Gasteiger partial charge on any atom is -0.313 e. The molecule has 2 nitrogen and oxygen atoms in total. The van der Waals surface area contributed by atoms with Crippen LogP contribution in [0.3, 0.4) is 0 Å². The Hall–Kier alpha value is -0.560. The molecule has 0 aromatic carbocycles. The SMILES string of the molecule is C=C=CCC(N)(N)CCC. The average molecular weight is 140 g/mol. The number of rotatable bonds is 4. The topological polar surface area (TPSA) is 52.0 Å². The molecule has 0 aliphatic heterocycles. The molecule has 4 N–H and O–H groups in total. The Labute approximate surface area is 62.6 Å². The van der Waals surface area contributed by atoms with Gasteiger partial charge in [-0.3, -0.25) is 0 Å². The molecule has 0 spiro atoms. The lowest BCUT2D eigenvalue weighted by molar-refractivity contribution is 0.408. The lowest BCUT2D eigenvalue weighted by Gasteiger charge is -2.21. The smallest absolute Gasteiger partial charge is 0.0678 e. The van der Waals surface area contributed by atoms with Gasteiger partial charge in [-0.05, 0) is 12.5 Å². The van der Waals surface area contributed by atoms with Crippen molar-refractivity contribution in [1.82, 2.24) is 0 Å². The van der Waals surface area contributed by atoms with Gasteiger partial charge < -0.3 is 11.5 Å². The largest absolute Gasteiger partial charge is 0.313 e. The molecular formula is C8H16N2. The Balaban J connectivity index is 3.73. The van der Waals surface area contributed by atoms with Crippen molar-refractivity contribution < 1.29 is 0 Å². The lowest BCUT2D eigenvalue weighted by Crippen LogP contribution is -2.48. The molecule has 0 amide bonds. The fourth-order valence-electron chi connectivity index (χ4n) is 0.830. The van der Waals surface area contributed by atoms with E-state index in [1.165, 1.54) is 0 Å². The van der Waals surface area contributed by atoms with Crippen LogP contribution in [0.2, 0.25) is 0 Å². The molecule has 0 saturated carbocycles. The predicted molar refractivity (Wildman–Crippen MR) is 44.3 cm³/mol.